The summed E-state index contributed by atoms with van der Waals surface area (Å²) in [5.74, 6) is -0.670. The second kappa shape index (κ2) is 9.00. The van der Waals surface area contributed by atoms with Crippen molar-refractivity contribution >= 4 is 38.2 Å². The summed E-state index contributed by atoms with van der Waals surface area (Å²) in [5, 5.41) is 5.90. The third-order valence-electron chi connectivity index (χ3n) is 4.76. The van der Waals surface area contributed by atoms with Crippen molar-refractivity contribution in [2.45, 2.75) is 6.92 Å². The number of benzene rings is 2. The van der Waals surface area contributed by atoms with E-state index in [2.05, 4.69) is 15.3 Å². The van der Waals surface area contributed by atoms with E-state index in [4.69, 9.17) is 9.92 Å². The number of hydrogen-bond donors (Lipinski definition) is 2. The zero-order valence-corrected chi connectivity index (χ0v) is 19.4. The molecule has 3 N–H and O–H groups in total. The molecule has 0 aliphatic heterocycles. The molecular formula is C23H20N4O4S2. The first-order chi connectivity index (χ1) is 15.7. The first-order valence-corrected chi connectivity index (χ1v) is 12.5. The largest absolute Gasteiger partial charge is 0.382 e. The molecule has 4 aromatic rings. The molecule has 8 nitrogen and oxygen atoms in total. The molecule has 0 atom stereocenters. The number of hydrogen-bond acceptors (Lipinski definition) is 8. The molecule has 0 fully saturated rings. The highest BCUT2D eigenvalue weighted by Gasteiger charge is 2.19. The normalized spacial score (nSPS) is 11.2. The standard InChI is InChI=1S/C23H20N4O4S2/c1-14-8-9-15(21-17(22(24)28)6-3-7-20(21)31-33(2,29)30)11-18(14)26-23-27-19(13-32-23)16-5-4-10-25-12-16/h3-13H,1-2H3,(H2,24,28)(H,26,27). The molecule has 10 heteroatoms. The Morgan fingerprint density at radius 2 is 1.94 bits per heavy atom. The van der Waals surface area contributed by atoms with Crippen LogP contribution in [0.4, 0.5) is 10.8 Å². The Bertz CT molecular complexity index is 1430. The zero-order valence-electron chi connectivity index (χ0n) is 17.8. The molecule has 0 spiro atoms. The lowest BCUT2D eigenvalue weighted by Gasteiger charge is -2.15. The molecule has 0 aliphatic rings. The number of carbonyl (C=O) groups is 1. The average Bonchev–Trinajstić information content (AvgIpc) is 3.23. The van der Waals surface area contributed by atoms with Crippen LogP contribution in [0.2, 0.25) is 0 Å². The Balaban J connectivity index is 1.74. The molecule has 2 aromatic carbocycles. The fraction of sp³-hybridized carbons (Fsp3) is 0.0870. The fourth-order valence-corrected chi connectivity index (χ4v) is 4.47. The third-order valence-corrected chi connectivity index (χ3v) is 6.00. The molecule has 1 amide bonds. The van der Waals surface area contributed by atoms with Crippen LogP contribution in [0.15, 0.2) is 66.3 Å². The Labute approximate surface area is 195 Å². The summed E-state index contributed by atoms with van der Waals surface area (Å²) in [4.78, 5) is 20.8. The van der Waals surface area contributed by atoms with E-state index in [1.807, 2.05) is 30.5 Å². The van der Waals surface area contributed by atoms with E-state index in [9.17, 15) is 13.2 Å². The van der Waals surface area contributed by atoms with Crippen molar-refractivity contribution < 1.29 is 17.4 Å². The van der Waals surface area contributed by atoms with E-state index in [1.165, 1.54) is 29.5 Å². The van der Waals surface area contributed by atoms with Crippen LogP contribution < -0.4 is 15.2 Å². The van der Waals surface area contributed by atoms with Crippen molar-refractivity contribution in [3.8, 4) is 28.1 Å². The topological polar surface area (TPSA) is 124 Å². The van der Waals surface area contributed by atoms with Gasteiger partial charge in [-0.2, -0.15) is 8.42 Å². The lowest BCUT2D eigenvalue weighted by atomic mass is 9.96. The number of aryl methyl sites for hydroxylation is 1. The number of anilines is 2. The number of rotatable bonds is 7. The lowest BCUT2D eigenvalue weighted by Crippen LogP contribution is -2.14. The van der Waals surface area contributed by atoms with Crippen LogP contribution in [0.3, 0.4) is 0 Å². The maximum atomic E-state index is 12.1. The van der Waals surface area contributed by atoms with Crippen molar-refractivity contribution in [3.05, 3.63) is 77.4 Å². The maximum absolute atomic E-state index is 12.1. The van der Waals surface area contributed by atoms with E-state index in [0.29, 0.717) is 16.3 Å². The summed E-state index contributed by atoms with van der Waals surface area (Å²) in [6, 6.07) is 13.8. The first kappa shape index (κ1) is 22.4. The van der Waals surface area contributed by atoms with Crippen LogP contribution in [-0.2, 0) is 10.1 Å². The van der Waals surface area contributed by atoms with Crippen LogP contribution in [0, 0.1) is 6.92 Å². The van der Waals surface area contributed by atoms with Gasteiger partial charge in [-0.3, -0.25) is 9.78 Å². The van der Waals surface area contributed by atoms with Crippen molar-refractivity contribution in [2.75, 3.05) is 11.6 Å². The number of pyridine rings is 1. The molecule has 0 saturated heterocycles. The zero-order chi connectivity index (χ0) is 23.6. The van der Waals surface area contributed by atoms with Crippen LogP contribution in [0.5, 0.6) is 5.75 Å². The number of nitrogens with two attached hydrogens (primary N) is 1. The smallest absolute Gasteiger partial charge is 0.306 e. The van der Waals surface area contributed by atoms with E-state index in [-0.39, 0.29) is 11.3 Å². The summed E-state index contributed by atoms with van der Waals surface area (Å²) in [7, 11) is -3.82. The van der Waals surface area contributed by atoms with Gasteiger partial charge in [0, 0.05) is 34.6 Å². The van der Waals surface area contributed by atoms with Gasteiger partial charge < -0.3 is 15.2 Å². The molecule has 0 saturated carbocycles. The molecule has 0 aliphatic carbocycles. The van der Waals surface area contributed by atoms with Gasteiger partial charge in [-0.25, -0.2) is 4.98 Å². The van der Waals surface area contributed by atoms with E-state index < -0.39 is 16.0 Å². The van der Waals surface area contributed by atoms with Gasteiger partial charge in [0.25, 0.3) is 0 Å². The molecule has 4 rings (SSSR count). The van der Waals surface area contributed by atoms with E-state index in [1.54, 1.807) is 24.5 Å². The number of nitrogens with zero attached hydrogens (tertiary/aromatic N) is 2. The highest BCUT2D eigenvalue weighted by molar-refractivity contribution is 7.86. The van der Waals surface area contributed by atoms with E-state index in [0.717, 1.165) is 28.8 Å². The number of nitrogens with one attached hydrogen (secondary N) is 1. The van der Waals surface area contributed by atoms with Gasteiger partial charge in [0.1, 0.15) is 0 Å². The summed E-state index contributed by atoms with van der Waals surface area (Å²) >= 11 is 1.44. The first-order valence-electron chi connectivity index (χ1n) is 9.77. The van der Waals surface area contributed by atoms with Crippen LogP contribution in [0.25, 0.3) is 22.4 Å². The molecule has 2 heterocycles. The summed E-state index contributed by atoms with van der Waals surface area (Å²) in [5.41, 5.74) is 9.96. The van der Waals surface area contributed by atoms with Gasteiger partial charge in [0.15, 0.2) is 10.9 Å². The number of amides is 1. The van der Waals surface area contributed by atoms with Crippen LogP contribution >= 0.6 is 11.3 Å². The summed E-state index contributed by atoms with van der Waals surface area (Å²) in [6.07, 6.45) is 4.39. The minimum Gasteiger partial charge on any atom is -0.382 e. The predicted octanol–water partition coefficient (Wildman–Crippen LogP) is 4.36. The van der Waals surface area contributed by atoms with Gasteiger partial charge >= 0.3 is 10.1 Å². The van der Waals surface area contributed by atoms with Crippen molar-refractivity contribution in [2.24, 2.45) is 5.73 Å². The summed E-state index contributed by atoms with van der Waals surface area (Å²) in [6.45, 7) is 1.93. The van der Waals surface area contributed by atoms with Crippen LogP contribution in [0.1, 0.15) is 15.9 Å². The molecule has 33 heavy (non-hydrogen) atoms. The fourth-order valence-electron chi connectivity index (χ4n) is 3.27. The highest BCUT2D eigenvalue weighted by atomic mass is 32.2. The second-order valence-electron chi connectivity index (χ2n) is 7.26. The Kier molecular flexibility index (Phi) is 6.12. The predicted molar refractivity (Wildman–Crippen MR) is 129 cm³/mol. The lowest BCUT2D eigenvalue weighted by molar-refractivity contribution is 0.100. The van der Waals surface area contributed by atoms with Crippen molar-refractivity contribution in [1.82, 2.24) is 9.97 Å². The minimum atomic E-state index is -3.82. The third kappa shape index (κ3) is 5.18. The van der Waals surface area contributed by atoms with Gasteiger partial charge in [-0.15, -0.1) is 11.3 Å². The number of primary amides is 1. The maximum Gasteiger partial charge on any atom is 0.306 e. The van der Waals surface area contributed by atoms with Crippen molar-refractivity contribution in [3.63, 3.8) is 0 Å². The Morgan fingerprint density at radius 3 is 2.64 bits per heavy atom. The second-order valence-corrected chi connectivity index (χ2v) is 9.70. The Hall–Kier alpha value is -3.76. The SMILES string of the molecule is Cc1ccc(-c2c(OS(C)(=O)=O)cccc2C(N)=O)cc1Nc1nc(-c2cccnc2)cs1. The molecule has 0 unspecified atom stereocenters. The quantitative estimate of drug-likeness (QED) is 0.377. The Morgan fingerprint density at radius 1 is 1.12 bits per heavy atom. The van der Waals surface area contributed by atoms with E-state index >= 15 is 0 Å². The number of carbonyl (C=O) groups excluding carboxylic acids is 1. The van der Waals surface area contributed by atoms with Gasteiger partial charge in [-0.1, -0.05) is 18.2 Å². The van der Waals surface area contributed by atoms with Gasteiger partial charge in [0.2, 0.25) is 5.91 Å². The highest BCUT2D eigenvalue weighted by Crippen LogP contribution is 2.37. The average molecular weight is 481 g/mol. The number of aromatic nitrogens is 2. The van der Waals surface area contributed by atoms with Gasteiger partial charge in [-0.05, 0) is 48.4 Å². The van der Waals surface area contributed by atoms with Crippen LogP contribution in [-0.4, -0.2) is 30.5 Å². The molecule has 2 aromatic heterocycles. The molecule has 0 bridgehead atoms. The minimum absolute atomic E-state index is 0.0247. The van der Waals surface area contributed by atoms with Crippen molar-refractivity contribution in [1.29, 1.82) is 0 Å². The molecule has 168 valence electrons. The molecule has 0 radical (unpaired) electrons. The van der Waals surface area contributed by atoms with Gasteiger partial charge in [0.05, 0.1) is 17.5 Å². The summed E-state index contributed by atoms with van der Waals surface area (Å²) < 4.78 is 28.7. The monoisotopic (exact) mass is 480 g/mol. The molecular weight excluding hydrogens is 460 g/mol. The number of thiazole rings is 1.